The van der Waals surface area contributed by atoms with Crippen LogP contribution >= 0.6 is 0 Å². The molecule has 0 radical (unpaired) electrons. The van der Waals surface area contributed by atoms with Crippen LogP contribution in [0.25, 0.3) is 0 Å². The highest BCUT2D eigenvalue weighted by Gasteiger charge is 2.08. The van der Waals surface area contributed by atoms with Crippen LogP contribution in [-0.2, 0) is 13.1 Å². The Hall–Kier alpha value is -1.00. The van der Waals surface area contributed by atoms with E-state index in [-0.39, 0.29) is 6.54 Å². The lowest BCUT2D eigenvalue weighted by Crippen LogP contribution is -2.24. The van der Waals surface area contributed by atoms with E-state index in [4.69, 9.17) is 0 Å². The molecule has 1 aromatic carbocycles. The van der Waals surface area contributed by atoms with Gasteiger partial charge in [0.15, 0.2) is 0 Å². The molecule has 0 heterocycles. The molecule has 18 heavy (non-hydrogen) atoms. The van der Waals surface area contributed by atoms with Crippen molar-refractivity contribution in [2.45, 2.75) is 32.9 Å². The van der Waals surface area contributed by atoms with Crippen molar-refractivity contribution in [1.29, 1.82) is 0 Å². The van der Waals surface area contributed by atoms with Crippen LogP contribution in [0.3, 0.4) is 0 Å². The van der Waals surface area contributed by atoms with E-state index in [2.05, 4.69) is 24.4 Å². The van der Waals surface area contributed by atoms with Crippen LogP contribution in [0.2, 0.25) is 0 Å². The zero-order valence-electron chi connectivity index (χ0n) is 11.1. The first-order chi connectivity index (χ1) is 8.61. The van der Waals surface area contributed by atoms with E-state index in [1.165, 1.54) is 5.56 Å². The van der Waals surface area contributed by atoms with Crippen LogP contribution in [-0.4, -0.2) is 31.5 Å². The monoisotopic (exact) mass is 256 g/mol. The maximum absolute atomic E-state index is 12.2. The quantitative estimate of drug-likeness (QED) is 0.719. The summed E-state index contributed by atoms with van der Waals surface area (Å²) < 4.78 is 24.4. The summed E-state index contributed by atoms with van der Waals surface area (Å²) in [7, 11) is 1.72. The SMILES string of the molecule is CCCNCc1cccc(CN(C)CC(F)F)c1. The summed E-state index contributed by atoms with van der Waals surface area (Å²) in [4.78, 5) is 1.64. The molecule has 1 rings (SSSR count). The van der Waals surface area contributed by atoms with Crippen molar-refractivity contribution < 1.29 is 8.78 Å². The van der Waals surface area contributed by atoms with Crippen molar-refractivity contribution in [3.8, 4) is 0 Å². The van der Waals surface area contributed by atoms with Crippen LogP contribution in [0, 0.1) is 0 Å². The Morgan fingerprint density at radius 2 is 2.00 bits per heavy atom. The molecule has 0 aliphatic heterocycles. The normalized spacial score (nSPS) is 11.4. The number of halogens is 2. The van der Waals surface area contributed by atoms with Gasteiger partial charge in [0.25, 0.3) is 6.43 Å². The molecule has 102 valence electrons. The summed E-state index contributed by atoms with van der Waals surface area (Å²) >= 11 is 0. The Balaban J connectivity index is 2.48. The lowest BCUT2D eigenvalue weighted by Gasteiger charge is -2.16. The van der Waals surface area contributed by atoms with Crippen LogP contribution in [0.15, 0.2) is 24.3 Å². The van der Waals surface area contributed by atoms with Gasteiger partial charge in [-0.1, -0.05) is 31.2 Å². The van der Waals surface area contributed by atoms with Gasteiger partial charge in [-0.05, 0) is 31.1 Å². The third kappa shape index (κ3) is 6.07. The Kier molecular flexibility index (Phi) is 6.83. The maximum atomic E-state index is 12.2. The predicted octanol–water partition coefficient (Wildman–Crippen LogP) is 2.88. The molecule has 0 bridgehead atoms. The van der Waals surface area contributed by atoms with E-state index in [0.29, 0.717) is 6.54 Å². The van der Waals surface area contributed by atoms with E-state index >= 15 is 0 Å². The van der Waals surface area contributed by atoms with E-state index in [0.717, 1.165) is 25.1 Å². The number of nitrogens with zero attached hydrogens (tertiary/aromatic N) is 1. The molecule has 0 aliphatic carbocycles. The first-order valence-electron chi connectivity index (χ1n) is 6.37. The molecule has 0 fully saturated rings. The molecule has 0 saturated carbocycles. The standard InChI is InChI=1S/C14H22F2N2/c1-3-7-17-9-12-5-4-6-13(8-12)10-18(2)11-14(15)16/h4-6,8,14,17H,3,7,9-11H2,1-2H3. The van der Waals surface area contributed by atoms with Crippen LogP contribution in [0.1, 0.15) is 24.5 Å². The Bertz CT molecular complexity index is 342. The first-order valence-corrected chi connectivity index (χ1v) is 6.37. The highest BCUT2D eigenvalue weighted by atomic mass is 19.3. The molecule has 2 nitrogen and oxygen atoms in total. The fourth-order valence-corrected chi connectivity index (χ4v) is 1.86. The van der Waals surface area contributed by atoms with Crippen LogP contribution in [0.5, 0.6) is 0 Å². The lowest BCUT2D eigenvalue weighted by molar-refractivity contribution is 0.0975. The molecule has 0 aliphatic rings. The summed E-state index contributed by atoms with van der Waals surface area (Å²) in [6, 6.07) is 8.09. The molecule has 0 atom stereocenters. The third-order valence-corrected chi connectivity index (χ3v) is 2.65. The second kappa shape index (κ2) is 8.16. The van der Waals surface area contributed by atoms with Gasteiger partial charge in [-0.15, -0.1) is 0 Å². The number of hydrogen-bond acceptors (Lipinski definition) is 2. The van der Waals surface area contributed by atoms with Crippen molar-refractivity contribution in [3.63, 3.8) is 0 Å². The van der Waals surface area contributed by atoms with Crippen LogP contribution < -0.4 is 5.32 Å². The zero-order chi connectivity index (χ0) is 13.4. The molecule has 0 saturated heterocycles. The minimum atomic E-state index is -2.27. The lowest BCUT2D eigenvalue weighted by atomic mass is 10.1. The number of rotatable bonds is 8. The van der Waals surface area contributed by atoms with Crippen molar-refractivity contribution in [2.75, 3.05) is 20.1 Å². The molecule has 0 aromatic heterocycles. The second-order valence-electron chi connectivity index (χ2n) is 4.58. The summed E-state index contributed by atoms with van der Waals surface area (Å²) in [5, 5.41) is 3.33. The molecule has 4 heteroatoms. The molecular weight excluding hydrogens is 234 g/mol. The van der Waals surface area contributed by atoms with Gasteiger partial charge in [0.2, 0.25) is 0 Å². The smallest absolute Gasteiger partial charge is 0.251 e. The summed E-state index contributed by atoms with van der Waals surface area (Å²) in [5.74, 6) is 0. The Labute approximate surface area is 108 Å². The zero-order valence-corrected chi connectivity index (χ0v) is 11.1. The van der Waals surface area contributed by atoms with Gasteiger partial charge in [-0.3, -0.25) is 4.90 Å². The number of nitrogens with one attached hydrogen (secondary N) is 1. The van der Waals surface area contributed by atoms with Gasteiger partial charge >= 0.3 is 0 Å². The second-order valence-corrected chi connectivity index (χ2v) is 4.58. The number of hydrogen-bond donors (Lipinski definition) is 1. The minimum Gasteiger partial charge on any atom is -0.313 e. The fourth-order valence-electron chi connectivity index (χ4n) is 1.86. The van der Waals surface area contributed by atoms with Crippen molar-refractivity contribution in [3.05, 3.63) is 35.4 Å². The van der Waals surface area contributed by atoms with Gasteiger partial charge < -0.3 is 5.32 Å². The van der Waals surface area contributed by atoms with Gasteiger partial charge in [0, 0.05) is 13.1 Å². The van der Waals surface area contributed by atoms with Crippen molar-refractivity contribution >= 4 is 0 Å². The molecular formula is C14H22F2N2. The Morgan fingerprint density at radius 1 is 1.28 bits per heavy atom. The van der Waals surface area contributed by atoms with Crippen molar-refractivity contribution in [1.82, 2.24) is 10.2 Å². The highest BCUT2D eigenvalue weighted by molar-refractivity contribution is 5.23. The fraction of sp³-hybridized carbons (Fsp3) is 0.571. The topological polar surface area (TPSA) is 15.3 Å². The maximum Gasteiger partial charge on any atom is 0.251 e. The van der Waals surface area contributed by atoms with E-state index in [1.54, 1.807) is 11.9 Å². The Morgan fingerprint density at radius 3 is 2.67 bits per heavy atom. The van der Waals surface area contributed by atoms with E-state index < -0.39 is 6.43 Å². The van der Waals surface area contributed by atoms with Crippen molar-refractivity contribution in [2.24, 2.45) is 0 Å². The van der Waals surface area contributed by atoms with Crippen LogP contribution in [0.4, 0.5) is 8.78 Å². The number of alkyl halides is 2. The molecule has 0 amide bonds. The third-order valence-electron chi connectivity index (χ3n) is 2.65. The number of benzene rings is 1. The average molecular weight is 256 g/mol. The summed E-state index contributed by atoms with van der Waals surface area (Å²) in [6.45, 7) is 4.34. The summed E-state index contributed by atoms with van der Waals surface area (Å²) in [5.41, 5.74) is 2.28. The molecule has 0 spiro atoms. The van der Waals surface area contributed by atoms with Gasteiger partial charge in [-0.2, -0.15) is 0 Å². The first kappa shape index (κ1) is 15.1. The van der Waals surface area contributed by atoms with Gasteiger partial charge in [0.1, 0.15) is 0 Å². The van der Waals surface area contributed by atoms with E-state index in [9.17, 15) is 8.78 Å². The van der Waals surface area contributed by atoms with E-state index in [1.807, 2.05) is 12.1 Å². The molecule has 1 N–H and O–H groups in total. The predicted molar refractivity (Wildman–Crippen MR) is 70.8 cm³/mol. The highest BCUT2D eigenvalue weighted by Crippen LogP contribution is 2.08. The van der Waals surface area contributed by atoms with Gasteiger partial charge in [-0.25, -0.2) is 8.78 Å². The summed E-state index contributed by atoms with van der Waals surface area (Å²) in [6.07, 6.45) is -1.17. The largest absolute Gasteiger partial charge is 0.313 e. The molecule has 1 aromatic rings. The minimum absolute atomic E-state index is 0.182. The molecule has 0 unspecified atom stereocenters. The average Bonchev–Trinajstić information content (AvgIpc) is 2.28. The van der Waals surface area contributed by atoms with Gasteiger partial charge in [0.05, 0.1) is 6.54 Å².